The monoisotopic (exact) mass is 402 g/mol. The number of benzene rings is 3. The van der Waals surface area contributed by atoms with E-state index in [1.54, 1.807) is 36.4 Å². The van der Waals surface area contributed by atoms with Crippen molar-refractivity contribution < 1.29 is 23.4 Å². The largest absolute Gasteiger partial charge is 0.496 e. The van der Waals surface area contributed by atoms with E-state index in [-0.39, 0.29) is 11.3 Å². The van der Waals surface area contributed by atoms with E-state index in [0.717, 1.165) is 5.56 Å². The van der Waals surface area contributed by atoms with E-state index < -0.39 is 11.6 Å². The average Bonchev–Trinajstić information content (AvgIpc) is 2.78. The molecule has 0 aliphatic carbocycles. The van der Waals surface area contributed by atoms with Gasteiger partial charge in [0.2, 0.25) is 0 Å². The zero-order chi connectivity index (χ0) is 21.1. The second-order valence-corrected chi connectivity index (χ2v) is 6.44. The van der Waals surface area contributed by atoms with Crippen LogP contribution in [0.3, 0.4) is 0 Å². The number of carbonyl (C=O) groups is 1. The van der Waals surface area contributed by atoms with Crippen LogP contribution in [0.25, 0.3) is 22.1 Å². The molecule has 0 saturated carbocycles. The smallest absolute Gasteiger partial charge is 0.351 e. The molecule has 0 unspecified atom stereocenters. The highest BCUT2D eigenvalue weighted by molar-refractivity contribution is 5.97. The molecule has 6 nitrogen and oxygen atoms in total. The molecule has 0 fully saturated rings. The summed E-state index contributed by atoms with van der Waals surface area (Å²) in [5.74, 6) is 0.251. The molecule has 150 valence electrons. The van der Waals surface area contributed by atoms with Crippen LogP contribution in [0, 0.1) is 0 Å². The lowest BCUT2D eigenvalue weighted by Crippen LogP contribution is -2.12. The Morgan fingerprint density at radius 1 is 0.833 bits per heavy atom. The fourth-order valence-corrected chi connectivity index (χ4v) is 3.18. The molecule has 0 aliphatic rings. The number of esters is 1. The third-order valence-electron chi connectivity index (χ3n) is 4.63. The molecule has 6 heteroatoms. The number of fused-ring (bicyclic) bond motifs is 1. The van der Waals surface area contributed by atoms with Crippen molar-refractivity contribution in [3.05, 3.63) is 88.8 Å². The van der Waals surface area contributed by atoms with Crippen molar-refractivity contribution in [2.24, 2.45) is 0 Å². The van der Waals surface area contributed by atoms with Gasteiger partial charge in [-0.2, -0.15) is 0 Å². The van der Waals surface area contributed by atoms with Crippen LogP contribution >= 0.6 is 0 Å². The maximum atomic E-state index is 12.7. The summed E-state index contributed by atoms with van der Waals surface area (Å²) in [6.07, 6.45) is 0. The number of hydrogen-bond donors (Lipinski definition) is 0. The van der Waals surface area contributed by atoms with E-state index in [4.69, 9.17) is 18.6 Å². The summed E-state index contributed by atoms with van der Waals surface area (Å²) < 4.78 is 21.5. The first-order valence-corrected chi connectivity index (χ1v) is 9.17. The second-order valence-electron chi connectivity index (χ2n) is 6.44. The molecule has 4 aromatic rings. The Morgan fingerprint density at radius 3 is 2.20 bits per heavy atom. The fourth-order valence-electron chi connectivity index (χ4n) is 3.18. The third kappa shape index (κ3) is 3.63. The first-order valence-electron chi connectivity index (χ1n) is 9.17. The Balaban J connectivity index is 1.68. The highest BCUT2D eigenvalue weighted by Crippen LogP contribution is 2.30. The number of hydrogen-bond acceptors (Lipinski definition) is 6. The van der Waals surface area contributed by atoms with Crippen molar-refractivity contribution in [3.63, 3.8) is 0 Å². The Hall–Kier alpha value is -4.06. The average molecular weight is 402 g/mol. The molecule has 30 heavy (non-hydrogen) atoms. The summed E-state index contributed by atoms with van der Waals surface area (Å²) in [4.78, 5) is 25.2. The van der Waals surface area contributed by atoms with Crippen molar-refractivity contribution >= 4 is 16.9 Å². The first kappa shape index (κ1) is 19.3. The van der Waals surface area contributed by atoms with Gasteiger partial charge in [-0.25, -0.2) is 9.59 Å². The Labute approximate surface area is 172 Å². The van der Waals surface area contributed by atoms with Gasteiger partial charge in [0.05, 0.1) is 19.8 Å². The molecule has 0 spiro atoms. The van der Waals surface area contributed by atoms with E-state index in [2.05, 4.69) is 0 Å². The Kier molecular flexibility index (Phi) is 5.22. The van der Waals surface area contributed by atoms with Crippen LogP contribution in [0.5, 0.6) is 17.2 Å². The van der Waals surface area contributed by atoms with Crippen LogP contribution in [0.4, 0.5) is 0 Å². The van der Waals surface area contributed by atoms with Gasteiger partial charge in [0.15, 0.2) is 0 Å². The van der Waals surface area contributed by atoms with Gasteiger partial charge in [0.25, 0.3) is 0 Å². The lowest BCUT2D eigenvalue weighted by molar-refractivity contribution is 0.0727. The zero-order valence-corrected chi connectivity index (χ0v) is 16.4. The van der Waals surface area contributed by atoms with Crippen molar-refractivity contribution in [3.8, 4) is 28.4 Å². The van der Waals surface area contributed by atoms with Gasteiger partial charge in [-0.1, -0.05) is 36.4 Å². The van der Waals surface area contributed by atoms with Crippen LogP contribution in [0.15, 0.2) is 82.0 Å². The SMILES string of the molecule is COc1cccc(OC)c1C(=O)Oc1ccc2cc(-c3ccccc3)c(=O)oc2c1. The van der Waals surface area contributed by atoms with Gasteiger partial charge in [-0.05, 0) is 35.9 Å². The van der Waals surface area contributed by atoms with E-state index in [0.29, 0.717) is 28.0 Å². The summed E-state index contributed by atoms with van der Waals surface area (Å²) in [7, 11) is 2.92. The fraction of sp³-hybridized carbons (Fsp3) is 0.0833. The molecular formula is C24H18O6. The summed E-state index contributed by atoms with van der Waals surface area (Å²) in [6.45, 7) is 0. The van der Waals surface area contributed by atoms with Crippen molar-refractivity contribution in [1.29, 1.82) is 0 Å². The van der Waals surface area contributed by atoms with Gasteiger partial charge in [0.1, 0.15) is 28.4 Å². The first-order chi connectivity index (χ1) is 14.6. The highest BCUT2D eigenvalue weighted by Gasteiger charge is 2.20. The summed E-state index contributed by atoms with van der Waals surface area (Å²) in [6, 6.07) is 20.9. The maximum absolute atomic E-state index is 12.7. The Morgan fingerprint density at radius 2 is 1.53 bits per heavy atom. The number of rotatable bonds is 5. The molecular weight excluding hydrogens is 384 g/mol. The summed E-state index contributed by atoms with van der Waals surface area (Å²) >= 11 is 0. The minimum absolute atomic E-state index is 0.170. The zero-order valence-electron chi connectivity index (χ0n) is 16.4. The molecule has 1 aromatic heterocycles. The molecule has 0 N–H and O–H groups in total. The van der Waals surface area contributed by atoms with E-state index in [9.17, 15) is 9.59 Å². The Bertz CT molecular complexity index is 1250. The van der Waals surface area contributed by atoms with E-state index in [1.807, 2.05) is 30.3 Å². The molecule has 0 radical (unpaired) electrons. The van der Waals surface area contributed by atoms with E-state index >= 15 is 0 Å². The topological polar surface area (TPSA) is 75.0 Å². The molecule has 0 amide bonds. The minimum atomic E-state index is -0.646. The molecule has 1 heterocycles. The lowest BCUT2D eigenvalue weighted by Gasteiger charge is -2.12. The number of ether oxygens (including phenoxy) is 3. The van der Waals surface area contributed by atoms with Gasteiger partial charge in [-0.15, -0.1) is 0 Å². The van der Waals surface area contributed by atoms with Gasteiger partial charge in [0, 0.05) is 11.5 Å². The molecule has 0 saturated heterocycles. The summed E-state index contributed by atoms with van der Waals surface area (Å²) in [5.41, 5.74) is 1.25. The molecule has 0 atom stereocenters. The number of methoxy groups -OCH3 is 2. The number of carbonyl (C=O) groups excluding carboxylic acids is 1. The summed E-state index contributed by atoms with van der Waals surface area (Å²) in [5, 5.41) is 0.711. The van der Waals surface area contributed by atoms with Crippen molar-refractivity contribution in [2.75, 3.05) is 14.2 Å². The van der Waals surface area contributed by atoms with Crippen LogP contribution in [-0.2, 0) is 0 Å². The van der Waals surface area contributed by atoms with Gasteiger partial charge in [-0.3, -0.25) is 0 Å². The molecule has 3 aromatic carbocycles. The second kappa shape index (κ2) is 8.13. The van der Waals surface area contributed by atoms with Crippen molar-refractivity contribution in [2.45, 2.75) is 0 Å². The van der Waals surface area contributed by atoms with Crippen LogP contribution < -0.4 is 19.8 Å². The predicted octanol–water partition coefficient (Wildman–Crippen LogP) is 4.70. The van der Waals surface area contributed by atoms with Gasteiger partial charge >= 0.3 is 11.6 Å². The predicted molar refractivity (Wildman–Crippen MR) is 112 cm³/mol. The standard InChI is InChI=1S/C24H18O6/c1-27-19-9-6-10-20(28-2)22(19)24(26)29-17-12-11-16-13-18(15-7-4-3-5-8-15)23(25)30-21(16)14-17/h3-14H,1-2H3. The van der Waals surface area contributed by atoms with Crippen LogP contribution in [-0.4, -0.2) is 20.2 Å². The highest BCUT2D eigenvalue weighted by atomic mass is 16.5. The third-order valence-corrected chi connectivity index (χ3v) is 4.63. The minimum Gasteiger partial charge on any atom is -0.496 e. The van der Waals surface area contributed by atoms with E-state index in [1.165, 1.54) is 20.3 Å². The normalized spacial score (nSPS) is 10.6. The molecule has 0 bridgehead atoms. The molecule has 0 aliphatic heterocycles. The van der Waals surface area contributed by atoms with Gasteiger partial charge < -0.3 is 18.6 Å². The van der Waals surface area contributed by atoms with Crippen molar-refractivity contribution in [1.82, 2.24) is 0 Å². The quantitative estimate of drug-likeness (QED) is 0.274. The van der Waals surface area contributed by atoms with Crippen LogP contribution in [0.1, 0.15) is 10.4 Å². The molecule has 4 rings (SSSR count). The maximum Gasteiger partial charge on any atom is 0.351 e. The lowest BCUT2D eigenvalue weighted by atomic mass is 10.1. The van der Waals surface area contributed by atoms with Crippen LogP contribution in [0.2, 0.25) is 0 Å².